The van der Waals surface area contributed by atoms with Crippen molar-refractivity contribution < 1.29 is 23.9 Å². The topological polar surface area (TPSA) is 107 Å². The number of anilines is 2. The van der Waals surface area contributed by atoms with Gasteiger partial charge in [0.2, 0.25) is 5.91 Å². The van der Waals surface area contributed by atoms with Crippen LogP contribution >= 0.6 is 12.4 Å². The fourth-order valence-corrected chi connectivity index (χ4v) is 5.58. The molecule has 10 nitrogen and oxygen atoms in total. The van der Waals surface area contributed by atoms with E-state index >= 15 is 0 Å². The lowest BCUT2D eigenvalue weighted by Crippen LogP contribution is -2.47. The van der Waals surface area contributed by atoms with Crippen LogP contribution in [0.3, 0.4) is 0 Å². The van der Waals surface area contributed by atoms with Crippen molar-refractivity contribution in [3.8, 4) is 11.5 Å². The van der Waals surface area contributed by atoms with E-state index in [1.807, 2.05) is 48.4 Å². The predicted molar refractivity (Wildman–Crippen MR) is 188 cm³/mol. The highest BCUT2D eigenvalue weighted by Crippen LogP contribution is 2.32. The smallest absolute Gasteiger partial charge is 0.258 e. The third-order valence-corrected chi connectivity index (χ3v) is 8.44. The van der Waals surface area contributed by atoms with E-state index in [1.165, 1.54) is 7.11 Å². The molecule has 1 aliphatic heterocycles. The molecule has 5 rings (SSSR count). The minimum Gasteiger partial charge on any atom is -0.495 e. The molecule has 1 saturated heterocycles. The molecule has 0 radical (unpaired) electrons. The highest BCUT2D eigenvalue weighted by molar-refractivity contribution is 6.09. The fourth-order valence-electron chi connectivity index (χ4n) is 5.58. The van der Waals surface area contributed by atoms with Crippen LogP contribution in [0.15, 0.2) is 66.9 Å². The fraction of sp³-hybridized carbons (Fsp3) is 0.361. The Labute approximate surface area is 282 Å². The summed E-state index contributed by atoms with van der Waals surface area (Å²) in [6, 6.07) is 18.1. The maximum absolute atomic E-state index is 13.6. The van der Waals surface area contributed by atoms with Gasteiger partial charge in [-0.3, -0.25) is 14.4 Å². The van der Waals surface area contributed by atoms with Crippen LogP contribution < -0.4 is 19.7 Å². The highest BCUT2D eigenvalue weighted by atomic mass is 35.5. The molecular formula is C36H44ClN5O5. The lowest BCUT2D eigenvalue weighted by molar-refractivity contribution is -0.132. The maximum atomic E-state index is 13.6. The number of hydrogen-bond acceptors (Lipinski definition) is 6. The molecule has 0 unspecified atom stereocenters. The van der Waals surface area contributed by atoms with Gasteiger partial charge in [0.05, 0.1) is 25.1 Å². The zero-order chi connectivity index (χ0) is 32.6. The summed E-state index contributed by atoms with van der Waals surface area (Å²) in [6.07, 6.45) is 4.92. The summed E-state index contributed by atoms with van der Waals surface area (Å²) in [5.74, 6) is 0.703. The number of aryl methyl sites for hydroxylation is 1. The van der Waals surface area contributed by atoms with Gasteiger partial charge in [-0.25, -0.2) is 0 Å². The zero-order valence-corrected chi connectivity index (χ0v) is 28.3. The van der Waals surface area contributed by atoms with Crippen molar-refractivity contribution in [1.29, 1.82) is 0 Å². The molecule has 3 aromatic carbocycles. The average molecular weight is 662 g/mol. The van der Waals surface area contributed by atoms with Crippen LogP contribution in [0.4, 0.5) is 11.4 Å². The Balaban J connectivity index is 0.00000500. The van der Waals surface area contributed by atoms with E-state index in [4.69, 9.17) is 9.47 Å². The van der Waals surface area contributed by atoms with Crippen molar-refractivity contribution in [3.05, 3.63) is 83.6 Å². The molecule has 0 spiro atoms. The number of piperazine rings is 1. The van der Waals surface area contributed by atoms with Gasteiger partial charge in [-0.2, -0.15) is 0 Å². The third-order valence-electron chi connectivity index (χ3n) is 8.44. The van der Waals surface area contributed by atoms with E-state index in [0.717, 1.165) is 61.9 Å². The monoisotopic (exact) mass is 661 g/mol. The second-order valence-corrected chi connectivity index (χ2v) is 11.8. The number of amides is 3. The number of unbranched alkanes of at least 4 members (excludes halogenated alkanes) is 2. The Kier molecular flexibility index (Phi) is 12.3. The van der Waals surface area contributed by atoms with Gasteiger partial charge in [-0.1, -0.05) is 12.1 Å². The molecule has 2 heterocycles. The number of hydrogen-bond donors (Lipinski definition) is 2. The van der Waals surface area contributed by atoms with Crippen LogP contribution in [0.2, 0.25) is 0 Å². The number of carbonyl (C=O) groups excluding carboxylic acids is 3. The number of fused-ring (bicyclic) bond motifs is 1. The third kappa shape index (κ3) is 8.84. The Morgan fingerprint density at radius 2 is 1.66 bits per heavy atom. The minimum atomic E-state index is -0.283. The summed E-state index contributed by atoms with van der Waals surface area (Å²) >= 11 is 0. The molecule has 0 saturated carbocycles. The summed E-state index contributed by atoms with van der Waals surface area (Å²) in [4.78, 5) is 48.0. The molecule has 3 amide bonds. The summed E-state index contributed by atoms with van der Waals surface area (Å²) in [6.45, 7) is 5.94. The lowest BCUT2D eigenvalue weighted by atomic mass is 10.1. The molecule has 11 heteroatoms. The van der Waals surface area contributed by atoms with Crippen molar-refractivity contribution >= 4 is 52.4 Å². The van der Waals surface area contributed by atoms with E-state index in [0.29, 0.717) is 47.0 Å². The van der Waals surface area contributed by atoms with E-state index in [2.05, 4.69) is 22.2 Å². The van der Waals surface area contributed by atoms with Gasteiger partial charge in [0.25, 0.3) is 11.8 Å². The standard InChI is InChI=1S/C36H43N5O5.ClH/c1-25-9-14-31(33(22-25)46-21-7-5-6-8-34(42)41-19-17-39(2)18-20-41)40(3)36(44)28-12-13-29(32(24-28)45-4)38-35(43)27-11-10-26-15-16-37-30(26)23-27;/h9-16,22-24,37H,5-8,17-21H2,1-4H3,(H,38,43);1H. The largest absolute Gasteiger partial charge is 0.495 e. The Morgan fingerprint density at radius 3 is 2.43 bits per heavy atom. The SMILES string of the molecule is COc1cc(C(=O)N(C)c2ccc(C)cc2OCCCCCC(=O)N2CCN(C)CC2)ccc1NC(=O)c1ccc2cc[nH]c2c1.Cl. The molecule has 0 bridgehead atoms. The number of aromatic amines is 1. The molecule has 1 aromatic heterocycles. The van der Waals surface area contributed by atoms with E-state index in [9.17, 15) is 14.4 Å². The van der Waals surface area contributed by atoms with Crippen LogP contribution in [0.1, 0.15) is 52.0 Å². The van der Waals surface area contributed by atoms with Crippen molar-refractivity contribution in [3.63, 3.8) is 0 Å². The van der Waals surface area contributed by atoms with Crippen LogP contribution in [-0.2, 0) is 4.79 Å². The van der Waals surface area contributed by atoms with Gasteiger partial charge >= 0.3 is 0 Å². The van der Waals surface area contributed by atoms with Gasteiger partial charge in [-0.15, -0.1) is 12.4 Å². The first-order chi connectivity index (χ1) is 22.2. The second-order valence-electron chi connectivity index (χ2n) is 11.8. The Hall–Kier alpha value is -4.54. The molecule has 47 heavy (non-hydrogen) atoms. The van der Waals surface area contributed by atoms with E-state index in [-0.39, 0.29) is 30.1 Å². The minimum absolute atomic E-state index is 0. The Morgan fingerprint density at radius 1 is 0.894 bits per heavy atom. The van der Waals surface area contributed by atoms with Crippen molar-refractivity contribution in [2.24, 2.45) is 0 Å². The Bertz CT molecular complexity index is 1700. The highest BCUT2D eigenvalue weighted by Gasteiger charge is 2.21. The average Bonchev–Trinajstić information content (AvgIpc) is 3.54. The molecule has 0 atom stereocenters. The molecule has 1 aliphatic rings. The van der Waals surface area contributed by atoms with Crippen LogP contribution in [0.25, 0.3) is 10.9 Å². The summed E-state index contributed by atoms with van der Waals surface area (Å²) in [5.41, 5.74) is 3.91. The van der Waals surface area contributed by atoms with Crippen molar-refractivity contribution in [2.75, 3.05) is 64.2 Å². The number of rotatable bonds is 12. The number of nitrogens with zero attached hydrogens (tertiary/aromatic N) is 3. The van der Waals surface area contributed by atoms with Crippen molar-refractivity contribution in [1.82, 2.24) is 14.8 Å². The first-order valence-electron chi connectivity index (χ1n) is 15.8. The first-order valence-corrected chi connectivity index (χ1v) is 15.8. The number of ether oxygens (including phenoxy) is 2. The molecule has 2 N–H and O–H groups in total. The van der Waals surface area contributed by atoms with Crippen molar-refractivity contribution in [2.45, 2.75) is 32.6 Å². The molecule has 250 valence electrons. The molecular weight excluding hydrogens is 618 g/mol. The molecule has 4 aromatic rings. The zero-order valence-electron chi connectivity index (χ0n) is 27.5. The number of aromatic nitrogens is 1. The molecule has 1 fully saturated rings. The molecule has 0 aliphatic carbocycles. The number of likely N-dealkylation sites (N-methyl/N-ethyl adjacent to an activating group) is 1. The number of H-pyrrole nitrogens is 1. The number of benzene rings is 3. The van der Waals surface area contributed by atoms with E-state index < -0.39 is 0 Å². The second kappa shape index (κ2) is 16.3. The maximum Gasteiger partial charge on any atom is 0.258 e. The van der Waals surface area contributed by atoms with Crippen LogP contribution in [0, 0.1) is 6.92 Å². The van der Waals surface area contributed by atoms with Gasteiger partial charge < -0.3 is 34.5 Å². The normalized spacial score (nSPS) is 13.1. The first kappa shape index (κ1) is 35.3. The van der Waals surface area contributed by atoms with Gasteiger partial charge in [0.15, 0.2) is 0 Å². The van der Waals surface area contributed by atoms with Crippen LogP contribution in [-0.4, -0.2) is 86.5 Å². The van der Waals surface area contributed by atoms with Gasteiger partial charge in [0.1, 0.15) is 11.5 Å². The number of carbonyl (C=O) groups is 3. The van der Waals surface area contributed by atoms with Gasteiger partial charge in [-0.05, 0) is 92.7 Å². The predicted octanol–water partition coefficient (Wildman–Crippen LogP) is 6.15. The van der Waals surface area contributed by atoms with Gasteiger partial charge in [0, 0.05) is 62.5 Å². The quantitative estimate of drug-likeness (QED) is 0.177. The number of halogens is 1. The lowest BCUT2D eigenvalue weighted by Gasteiger charge is -2.32. The summed E-state index contributed by atoms with van der Waals surface area (Å²) in [7, 11) is 5.30. The summed E-state index contributed by atoms with van der Waals surface area (Å²) in [5, 5.41) is 3.91. The number of methoxy groups -OCH3 is 1. The van der Waals surface area contributed by atoms with E-state index in [1.54, 1.807) is 42.3 Å². The van der Waals surface area contributed by atoms with Crippen LogP contribution in [0.5, 0.6) is 11.5 Å². The summed E-state index contributed by atoms with van der Waals surface area (Å²) < 4.78 is 11.7. The number of nitrogens with one attached hydrogen (secondary N) is 2.